The lowest BCUT2D eigenvalue weighted by atomic mass is 9.97. The highest BCUT2D eigenvalue weighted by atomic mass is 32.2. The number of rotatable bonds is 4. The van der Waals surface area contributed by atoms with Crippen LogP contribution in [0.5, 0.6) is 0 Å². The first-order valence-electron chi connectivity index (χ1n) is 7.69. The minimum Gasteiger partial charge on any atom is -0.477 e. The number of fused-ring (bicyclic) bond motifs is 1. The maximum absolute atomic E-state index is 12.3. The second-order valence-corrected chi connectivity index (χ2v) is 7.10. The molecule has 128 valence electrons. The van der Waals surface area contributed by atoms with Gasteiger partial charge in [-0.3, -0.25) is 14.5 Å². The molecule has 0 unspecified atom stereocenters. The topological polar surface area (TPSA) is 113 Å². The van der Waals surface area contributed by atoms with Gasteiger partial charge in [-0.05, 0) is 30.9 Å². The monoisotopic (exact) mass is 349 g/mol. The van der Waals surface area contributed by atoms with Crippen molar-refractivity contribution in [3.63, 3.8) is 0 Å². The molecule has 1 fully saturated rings. The summed E-state index contributed by atoms with van der Waals surface area (Å²) in [5.41, 5.74) is 7.49. The molecule has 3 atom stereocenters. The van der Waals surface area contributed by atoms with Crippen molar-refractivity contribution >= 4 is 29.5 Å². The molecule has 8 heteroatoms. The molecule has 3 rings (SSSR count). The smallest absolute Gasteiger partial charge is 0.352 e. The van der Waals surface area contributed by atoms with Gasteiger partial charge >= 0.3 is 5.97 Å². The van der Waals surface area contributed by atoms with E-state index in [4.69, 9.17) is 5.73 Å². The number of carbonyl (C=O) groups is 3. The van der Waals surface area contributed by atoms with Gasteiger partial charge in [0.25, 0.3) is 5.91 Å². The van der Waals surface area contributed by atoms with E-state index >= 15 is 0 Å². The van der Waals surface area contributed by atoms with Gasteiger partial charge in [0.2, 0.25) is 5.91 Å². The van der Waals surface area contributed by atoms with Gasteiger partial charge in [0, 0.05) is 5.75 Å². The number of amides is 2. The third-order valence-corrected chi connectivity index (χ3v) is 5.80. The van der Waals surface area contributed by atoms with Gasteiger partial charge in [-0.2, -0.15) is 0 Å². The fourth-order valence-corrected chi connectivity index (χ4v) is 4.35. The van der Waals surface area contributed by atoms with Crippen molar-refractivity contribution in [3.05, 3.63) is 35.1 Å². The quantitative estimate of drug-likeness (QED) is 0.499. The molecule has 0 aromatic rings. The summed E-state index contributed by atoms with van der Waals surface area (Å²) in [5, 5.41) is 11.6. The summed E-state index contributed by atoms with van der Waals surface area (Å²) >= 11 is 1.45. The summed E-state index contributed by atoms with van der Waals surface area (Å²) in [5.74, 6) is -1.41. The van der Waals surface area contributed by atoms with Crippen molar-refractivity contribution in [2.45, 2.75) is 37.2 Å². The van der Waals surface area contributed by atoms with Crippen molar-refractivity contribution in [1.82, 2.24) is 10.2 Å². The second kappa shape index (κ2) is 6.45. The van der Waals surface area contributed by atoms with Crippen LogP contribution < -0.4 is 11.1 Å². The zero-order chi connectivity index (χ0) is 17.4. The fourth-order valence-electron chi connectivity index (χ4n) is 3.06. The number of thioether (sulfide) groups is 1. The zero-order valence-corrected chi connectivity index (χ0v) is 14.0. The zero-order valence-electron chi connectivity index (χ0n) is 13.2. The highest BCUT2D eigenvalue weighted by Gasteiger charge is 2.53. The van der Waals surface area contributed by atoms with Crippen LogP contribution in [0.15, 0.2) is 35.1 Å². The third-order valence-electron chi connectivity index (χ3n) is 4.38. The van der Waals surface area contributed by atoms with E-state index in [1.54, 1.807) is 6.92 Å². The van der Waals surface area contributed by atoms with Gasteiger partial charge in [-0.1, -0.05) is 18.2 Å². The number of nitrogens with one attached hydrogen (secondary N) is 1. The van der Waals surface area contributed by atoms with E-state index in [0.717, 1.165) is 12.0 Å². The molecule has 1 saturated heterocycles. The average Bonchev–Trinajstić information content (AvgIpc) is 2.59. The lowest BCUT2D eigenvalue weighted by Crippen LogP contribution is -2.71. The summed E-state index contributed by atoms with van der Waals surface area (Å²) in [4.78, 5) is 37.3. The summed E-state index contributed by atoms with van der Waals surface area (Å²) in [6, 6.07) is -1.52. The van der Waals surface area contributed by atoms with Gasteiger partial charge in [0.05, 0.1) is 0 Å². The Bertz CT molecular complexity index is 697. The average molecular weight is 349 g/mol. The summed E-state index contributed by atoms with van der Waals surface area (Å²) < 4.78 is 0. The summed E-state index contributed by atoms with van der Waals surface area (Å²) in [7, 11) is 0. The first-order valence-corrected chi connectivity index (χ1v) is 8.74. The number of β-lactam (4-membered cyclic amide) rings is 1. The van der Waals surface area contributed by atoms with Crippen LogP contribution in [-0.4, -0.2) is 51.0 Å². The number of hydrogen-bond donors (Lipinski definition) is 3. The molecule has 0 saturated carbocycles. The molecule has 0 spiro atoms. The van der Waals surface area contributed by atoms with Crippen molar-refractivity contribution in [2.24, 2.45) is 5.73 Å². The Balaban J connectivity index is 1.68. The fraction of sp³-hybridized carbons (Fsp3) is 0.438. The molecule has 2 heterocycles. The van der Waals surface area contributed by atoms with E-state index in [-0.39, 0.29) is 11.1 Å². The predicted octanol–water partition coefficient (Wildman–Crippen LogP) is 0.349. The largest absolute Gasteiger partial charge is 0.477 e. The molecule has 4 N–H and O–H groups in total. The van der Waals surface area contributed by atoms with E-state index in [1.807, 2.05) is 18.2 Å². The Labute approximate surface area is 143 Å². The van der Waals surface area contributed by atoms with Crippen molar-refractivity contribution in [2.75, 3.05) is 5.75 Å². The number of nitrogens with zero attached hydrogens (tertiary/aromatic N) is 1. The minimum absolute atomic E-state index is 0.0265. The van der Waals surface area contributed by atoms with E-state index < -0.39 is 29.9 Å². The van der Waals surface area contributed by atoms with Crippen LogP contribution in [0.4, 0.5) is 0 Å². The Kier molecular flexibility index (Phi) is 4.51. The Morgan fingerprint density at radius 2 is 2.21 bits per heavy atom. The number of hydrogen-bond acceptors (Lipinski definition) is 5. The normalized spacial score (nSPS) is 27.2. The van der Waals surface area contributed by atoms with Gasteiger partial charge < -0.3 is 16.2 Å². The van der Waals surface area contributed by atoms with Gasteiger partial charge in [0.1, 0.15) is 23.2 Å². The molecular formula is C16H19N3O4S. The van der Waals surface area contributed by atoms with E-state index in [0.29, 0.717) is 17.7 Å². The maximum atomic E-state index is 12.3. The summed E-state index contributed by atoms with van der Waals surface area (Å²) in [6.07, 6.45) is 7.26. The first kappa shape index (κ1) is 16.8. The van der Waals surface area contributed by atoms with E-state index in [2.05, 4.69) is 5.32 Å². The van der Waals surface area contributed by atoms with Crippen LogP contribution in [0.2, 0.25) is 0 Å². The van der Waals surface area contributed by atoms with Crippen molar-refractivity contribution in [1.29, 1.82) is 0 Å². The Hall–Kier alpha value is -2.06. The maximum Gasteiger partial charge on any atom is 0.352 e. The van der Waals surface area contributed by atoms with Crippen LogP contribution in [0, 0.1) is 0 Å². The van der Waals surface area contributed by atoms with Crippen LogP contribution >= 0.6 is 11.8 Å². The molecule has 3 aliphatic rings. The molecule has 0 radical (unpaired) electrons. The number of allylic oxidation sites excluding steroid dienone is 3. The molecule has 7 nitrogen and oxygen atoms in total. The van der Waals surface area contributed by atoms with Gasteiger partial charge in [-0.25, -0.2) is 4.79 Å². The SMILES string of the molecule is CC1=C(C(=O)O)N2C(=O)[C@@H](NC(=O)[C@@H](N)C3=CCC=CC3)[C@H]2SC1. The lowest BCUT2D eigenvalue weighted by Gasteiger charge is -2.49. The van der Waals surface area contributed by atoms with Gasteiger partial charge in [0.15, 0.2) is 0 Å². The molecule has 2 aliphatic heterocycles. The number of aliphatic carboxylic acids is 1. The lowest BCUT2D eigenvalue weighted by molar-refractivity contribution is -0.150. The first-order chi connectivity index (χ1) is 11.4. The third kappa shape index (κ3) is 2.76. The number of carboxylic acid groups (broad SMARTS) is 1. The van der Waals surface area contributed by atoms with Gasteiger partial charge in [-0.15, -0.1) is 11.8 Å². The predicted molar refractivity (Wildman–Crippen MR) is 89.8 cm³/mol. The van der Waals surface area contributed by atoms with E-state index in [1.165, 1.54) is 16.7 Å². The van der Waals surface area contributed by atoms with Crippen molar-refractivity contribution in [3.8, 4) is 0 Å². The van der Waals surface area contributed by atoms with Crippen LogP contribution in [-0.2, 0) is 14.4 Å². The van der Waals surface area contributed by atoms with Crippen LogP contribution in [0.1, 0.15) is 19.8 Å². The molecule has 0 aromatic heterocycles. The molecule has 0 bridgehead atoms. The molecular weight excluding hydrogens is 330 g/mol. The Morgan fingerprint density at radius 3 is 2.83 bits per heavy atom. The second-order valence-electron chi connectivity index (χ2n) is 6.00. The summed E-state index contributed by atoms with van der Waals surface area (Å²) in [6.45, 7) is 1.70. The van der Waals surface area contributed by atoms with Crippen LogP contribution in [0.3, 0.4) is 0 Å². The number of nitrogens with two attached hydrogens (primary N) is 1. The standard InChI is InChI=1S/C16H19N3O4S/c1-8-7-24-15-11(14(21)19(15)12(8)16(22)23)18-13(20)10(17)9-5-3-2-4-6-9/h2-3,6,10-11,15H,4-5,7,17H2,1H3,(H,18,20)(H,22,23)/t10-,11+,15+/m0/s1. The Morgan fingerprint density at radius 1 is 1.46 bits per heavy atom. The van der Waals surface area contributed by atoms with Crippen LogP contribution in [0.25, 0.3) is 0 Å². The van der Waals surface area contributed by atoms with E-state index in [9.17, 15) is 19.5 Å². The number of carbonyl (C=O) groups excluding carboxylic acids is 2. The number of carboxylic acids is 1. The molecule has 24 heavy (non-hydrogen) atoms. The minimum atomic E-state index is -1.12. The van der Waals surface area contributed by atoms with Crippen molar-refractivity contribution < 1.29 is 19.5 Å². The molecule has 1 aliphatic carbocycles. The molecule has 2 amide bonds. The molecule has 0 aromatic carbocycles. The highest BCUT2D eigenvalue weighted by Crippen LogP contribution is 2.40. The highest BCUT2D eigenvalue weighted by molar-refractivity contribution is 8.00.